The number of urea groups is 1. The molecule has 0 aliphatic carbocycles. The molecule has 0 spiro atoms. The molecule has 7 heteroatoms. The molecule has 0 heterocycles. The minimum atomic E-state index is -4.40. The van der Waals surface area contributed by atoms with Gasteiger partial charge in [0, 0.05) is 22.7 Å². The highest BCUT2D eigenvalue weighted by atomic mass is 35.5. The first-order chi connectivity index (χ1) is 11.6. The van der Waals surface area contributed by atoms with Crippen LogP contribution < -0.4 is 10.6 Å². The van der Waals surface area contributed by atoms with Gasteiger partial charge in [-0.05, 0) is 42.0 Å². The van der Waals surface area contributed by atoms with Crippen molar-refractivity contribution >= 4 is 23.3 Å². The van der Waals surface area contributed by atoms with Gasteiger partial charge in [0.05, 0.1) is 5.56 Å². The Hall–Kier alpha value is -2.21. The minimum Gasteiger partial charge on any atom is -0.337 e. The van der Waals surface area contributed by atoms with Crippen molar-refractivity contribution in [3.8, 4) is 0 Å². The number of rotatable bonds is 4. The van der Waals surface area contributed by atoms with Gasteiger partial charge >= 0.3 is 12.2 Å². The highest BCUT2D eigenvalue weighted by molar-refractivity contribution is 6.30. The summed E-state index contributed by atoms with van der Waals surface area (Å²) in [6.45, 7) is 4.24. The van der Waals surface area contributed by atoms with Gasteiger partial charge in [-0.15, -0.1) is 0 Å². The Balaban J connectivity index is 1.94. The van der Waals surface area contributed by atoms with E-state index in [1.807, 2.05) is 32.0 Å². The molecule has 0 aromatic heterocycles. The molecule has 25 heavy (non-hydrogen) atoms. The minimum absolute atomic E-state index is 0.283. The van der Waals surface area contributed by atoms with Gasteiger partial charge in [0.1, 0.15) is 0 Å². The summed E-state index contributed by atoms with van der Waals surface area (Å²) in [5.41, 5.74) is 0.129. The summed E-state index contributed by atoms with van der Waals surface area (Å²) in [5, 5.41) is 5.84. The molecule has 2 aromatic rings. The lowest BCUT2D eigenvalue weighted by Crippen LogP contribution is -2.39. The van der Waals surface area contributed by atoms with Gasteiger partial charge in [-0.25, -0.2) is 4.79 Å². The van der Waals surface area contributed by atoms with Crippen LogP contribution in [0.4, 0.5) is 23.7 Å². The van der Waals surface area contributed by atoms with Gasteiger partial charge in [0.2, 0.25) is 0 Å². The third kappa shape index (κ3) is 5.39. The molecular weight excluding hydrogens is 353 g/mol. The maximum atomic E-state index is 12.5. The van der Waals surface area contributed by atoms with Crippen LogP contribution >= 0.6 is 11.6 Å². The molecule has 0 saturated heterocycles. The molecule has 0 aliphatic heterocycles. The smallest absolute Gasteiger partial charge is 0.337 e. The largest absolute Gasteiger partial charge is 0.416 e. The molecule has 2 N–H and O–H groups in total. The predicted octanol–water partition coefficient (Wildman–Crippen LogP) is 5.46. The quantitative estimate of drug-likeness (QED) is 0.737. The molecule has 0 atom stereocenters. The fourth-order valence-electron chi connectivity index (χ4n) is 2.23. The Morgan fingerprint density at radius 1 is 1.04 bits per heavy atom. The average Bonchev–Trinajstić information content (AvgIpc) is 2.53. The lowest BCUT2D eigenvalue weighted by atomic mass is 9.85. The van der Waals surface area contributed by atoms with E-state index in [-0.39, 0.29) is 11.1 Å². The van der Waals surface area contributed by atoms with E-state index in [1.165, 1.54) is 12.1 Å². The zero-order valence-corrected chi connectivity index (χ0v) is 14.5. The Morgan fingerprint density at radius 2 is 1.68 bits per heavy atom. The summed E-state index contributed by atoms with van der Waals surface area (Å²) in [6, 6.07) is 11.1. The number of alkyl halides is 3. The monoisotopic (exact) mass is 370 g/mol. The van der Waals surface area contributed by atoms with Crippen molar-refractivity contribution < 1.29 is 18.0 Å². The number of hydrogen-bond acceptors (Lipinski definition) is 1. The zero-order valence-electron chi connectivity index (χ0n) is 13.7. The Labute approximate surface area is 149 Å². The van der Waals surface area contributed by atoms with Crippen molar-refractivity contribution in [1.82, 2.24) is 5.32 Å². The first-order valence-electron chi connectivity index (χ1n) is 7.56. The van der Waals surface area contributed by atoms with E-state index >= 15 is 0 Å². The number of amides is 2. The van der Waals surface area contributed by atoms with Crippen LogP contribution in [-0.4, -0.2) is 12.6 Å². The summed E-state index contributed by atoms with van der Waals surface area (Å²) in [5.74, 6) is 0. The number of nitrogens with one attached hydrogen (secondary N) is 2. The highest BCUT2D eigenvalue weighted by Crippen LogP contribution is 2.30. The molecule has 0 bridgehead atoms. The van der Waals surface area contributed by atoms with Crippen molar-refractivity contribution in [3.05, 3.63) is 64.7 Å². The lowest BCUT2D eigenvalue weighted by Gasteiger charge is -2.26. The third-order valence-corrected chi connectivity index (χ3v) is 4.00. The fraction of sp³-hybridized carbons (Fsp3) is 0.278. The number of anilines is 1. The van der Waals surface area contributed by atoms with Gasteiger partial charge in [0.15, 0.2) is 0 Å². The number of hydrogen-bond donors (Lipinski definition) is 2. The van der Waals surface area contributed by atoms with Crippen LogP contribution in [0, 0.1) is 0 Å². The van der Waals surface area contributed by atoms with Crippen molar-refractivity contribution in [2.75, 3.05) is 11.9 Å². The van der Waals surface area contributed by atoms with Crippen LogP contribution in [0.15, 0.2) is 48.5 Å². The highest BCUT2D eigenvalue weighted by Gasteiger charge is 2.30. The lowest BCUT2D eigenvalue weighted by molar-refractivity contribution is -0.137. The van der Waals surface area contributed by atoms with Crippen molar-refractivity contribution in [2.45, 2.75) is 25.4 Å². The van der Waals surface area contributed by atoms with Crippen LogP contribution in [0.3, 0.4) is 0 Å². The molecule has 2 rings (SSSR count). The Kier molecular flexibility index (Phi) is 5.62. The molecule has 2 aromatic carbocycles. The maximum absolute atomic E-state index is 12.5. The normalized spacial score (nSPS) is 11.9. The Bertz CT molecular complexity index is 743. The summed E-state index contributed by atoms with van der Waals surface area (Å²) in [4.78, 5) is 12.0. The van der Waals surface area contributed by atoms with E-state index in [4.69, 9.17) is 11.6 Å². The second kappa shape index (κ2) is 7.35. The Morgan fingerprint density at radius 3 is 2.24 bits per heavy atom. The van der Waals surface area contributed by atoms with Crippen LogP contribution in [0.5, 0.6) is 0 Å². The van der Waals surface area contributed by atoms with Crippen LogP contribution in [-0.2, 0) is 11.6 Å². The third-order valence-electron chi connectivity index (χ3n) is 3.77. The molecule has 2 amide bonds. The van der Waals surface area contributed by atoms with Crippen LogP contribution in [0.2, 0.25) is 5.02 Å². The molecular formula is C18H18ClF3N2O. The van der Waals surface area contributed by atoms with Crippen molar-refractivity contribution in [3.63, 3.8) is 0 Å². The summed E-state index contributed by atoms with van der Waals surface area (Å²) in [7, 11) is 0. The zero-order chi connectivity index (χ0) is 18.7. The van der Waals surface area contributed by atoms with E-state index in [0.29, 0.717) is 11.6 Å². The first-order valence-corrected chi connectivity index (χ1v) is 7.94. The van der Waals surface area contributed by atoms with Gasteiger partial charge in [-0.2, -0.15) is 13.2 Å². The second-order valence-electron chi connectivity index (χ2n) is 6.28. The maximum Gasteiger partial charge on any atom is 0.416 e. The molecule has 0 fully saturated rings. The van der Waals surface area contributed by atoms with Gasteiger partial charge < -0.3 is 10.6 Å². The van der Waals surface area contributed by atoms with E-state index < -0.39 is 17.8 Å². The summed E-state index contributed by atoms with van der Waals surface area (Å²) < 4.78 is 37.5. The van der Waals surface area contributed by atoms with Crippen molar-refractivity contribution in [2.24, 2.45) is 0 Å². The van der Waals surface area contributed by atoms with Crippen molar-refractivity contribution in [1.29, 1.82) is 0 Å². The van der Waals surface area contributed by atoms with E-state index in [1.54, 1.807) is 6.07 Å². The fourth-order valence-corrected chi connectivity index (χ4v) is 2.42. The molecule has 0 aliphatic rings. The molecule has 0 unspecified atom stereocenters. The van der Waals surface area contributed by atoms with Crippen LogP contribution in [0.25, 0.3) is 0 Å². The molecule has 0 radical (unpaired) electrons. The van der Waals surface area contributed by atoms with E-state index in [2.05, 4.69) is 10.6 Å². The number of benzene rings is 2. The van der Waals surface area contributed by atoms with Crippen LogP contribution in [0.1, 0.15) is 25.0 Å². The van der Waals surface area contributed by atoms with Gasteiger partial charge in [-0.1, -0.05) is 37.6 Å². The summed E-state index contributed by atoms with van der Waals surface area (Å²) in [6.07, 6.45) is -4.40. The number of carbonyl (C=O) groups excluding carboxylic acids is 1. The molecule has 0 saturated carbocycles. The number of carbonyl (C=O) groups is 1. The van der Waals surface area contributed by atoms with Gasteiger partial charge in [-0.3, -0.25) is 0 Å². The standard InChI is InChI=1S/C18H18ClF3N2O/c1-17(2,13-4-3-5-14(19)10-13)11-23-16(25)24-15-8-6-12(7-9-15)18(20,21)22/h3-10H,11H2,1-2H3,(H2,23,24,25). The average molecular weight is 371 g/mol. The molecule has 134 valence electrons. The van der Waals surface area contributed by atoms with E-state index in [9.17, 15) is 18.0 Å². The second-order valence-corrected chi connectivity index (χ2v) is 6.71. The first kappa shape index (κ1) is 19.1. The predicted molar refractivity (Wildman–Crippen MR) is 92.9 cm³/mol. The topological polar surface area (TPSA) is 41.1 Å². The number of halogens is 4. The van der Waals surface area contributed by atoms with E-state index in [0.717, 1.165) is 17.7 Å². The van der Waals surface area contributed by atoms with Gasteiger partial charge in [0.25, 0.3) is 0 Å². The SMILES string of the molecule is CC(C)(CNC(=O)Nc1ccc(C(F)(F)F)cc1)c1cccc(Cl)c1. The molecule has 3 nitrogen and oxygen atoms in total. The summed E-state index contributed by atoms with van der Waals surface area (Å²) >= 11 is 5.99.